The molecule has 0 amide bonds. The Morgan fingerprint density at radius 2 is 1.67 bits per heavy atom. The number of carboxylic acid groups (broad SMARTS) is 1. The maximum Gasteiger partial charge on any atom is 0.319 e. The van der Waals surface area contributed by atoms with E-state index in [1.54, 1.807) is 0 Å². The summed E-state index contributed by atoms with van der Waals surface area (Å²) < 4.78 is 13.5. The third kappa shape index (κ3) is 4.93. The Morgan fingerprint density at radius 3 is 2.24 bits per heavy atom. The minimum Gasteiger partial charge on any atom is -0.480 e. The zero-order chi connectivity index (χ0) is 15.2. The van der Waals surface area contributed by atoms with Gasteiger partial charge in [-0.15, -0.1) is 0 Å². The molecular weight excluding hydrogens is 399 g/mol. The molecule has 0 heterocycles. The first-order valence-electron chi connectivity index (χ1n) is 6.44. The Morgan fingerprint density at radius 1 is 1.05 bits per heavy atom. The van der Waals surface area contributed by atoms with Crippen LogP contribution in [0.1, 0.15) is 11.1 Å². The Kier molecular flexibility index (Phi) is 5.93. The second kappa shape index (κ2) is 7.70. The third-order valence-electron chi connectivity index (χ3n) is 3.08. The van der Waals surface area contributed by atoms with Crippen LogP contribution in [0.25, 0.3) is 0 Å². The minimum atomic E-state index is -1.45. The molecule has 2 atom stereocenters. The van der Waals surface area contributed by atoms with Gasteiger partial charge in [0.2, 0.25) is 0 Å². The smallest absolute Gasteiger partial charge is 0.319 e. The van der Waals surface area contributed by atoms with Crippen LogP contribution in [-0.2, 0) is 27.8 Å². The Hall–Kier alpha value is -1.21. The first kappa shape index (κ1) is 16.2. The number of aliphatic carboxylic acids is 1. The van der Waals surface area contributed by atoms with Gasteiger partial charge in [0.05, 0.1) is 0 Å². The van der Waals surface area contributed by atoms with Crippen LogP contribution in [0.15, 0.2) is 54.6 Å². The molecule has 3 nitrogen and oxygen atoms in total. The summed E-state index contributed by atoms with van der Waals surface area (Å²) in [5, 5.41) is 8.45. The number of benzene rings is 2. The fourth-order valence-electron chi connectivity index (χ4n) is 1.97. The Labute approximate surface area is 140 Å². The summed E-state index contributed by atoms with van der Waals surface area (Å²) in [7, 11) is -1.45. The zero-order valence-electron chi connectivity index (χ0n) is 11.2. The van der Waals surface area contributed by atoms with Crippen LogP contribution >= 0.6 is 22.6 Å². The van der Waals surface area contributed by atoms with Gasteiger partial charge in [0.25, 0.3) is 0 Å². The van der Waals surface area contributed by atoms with Gasteiger partial charge in [-0.05, 0) is 52.3 Å². The van der Waals surface area contributed by atoms with Gasteiger partial charge >= 0.3 is 5.97 Å². The van der Waals surface area contributed by atoms with Crippen LogP contribution in [0.5, 0.6) is 0 Å². The molecule has 0 spiro atoms. The van der Waals surface area contributed by atoms with E-state index in [1.165, 1.54) is 0 Å². The lowest BCUT2D eigenvalue weighted by atomic mass is 10.1. The number of hydrogen-bond donors (Lipinski definition) is 1. The van der Waals surface area contributed by atoms with Crippen molar-refractivity contribution >= 4 is 39.4 Å². The van der Waals surface area contributed by atoms with Crippen molar-refractivity contribution in [3.8, 4) is 0 Å². The molecule has 0 aromatic heterocycles. The Bertz CT molecular complexity index is 626. The quantitative estimate of drug-likeness (QED) is 0.739. The average Bonchev–Trinajstić information content (AvgIpc) is 2.48. The standard InChI is InChI=1S/C16H15IO3S/c17-14-8-6-13(7-9-14)11-21(20)15(16(18)19)10-12-4-2-1-3-5-12/h1-9,15H,10-11H2,(H,18,19). The fraction of sp³-hybridized carbons (Fsp3) is 0.188. The van der Waals surface area contributed by atoms with E-state index in [9.17, 15) is 14.1 Å². The van der Waals surface area contributed by atoms with Crippen molar-refractivity contribution in [2.45, 2.75) is 17.4 Å². The lowest BCUT2D eigenvalue weighted by Gasteiger charge is -2.12. The van der Waals surface area contributed by atoms with Gasteiger partial charge in [-0.25, -0.2) is 0 Å². The molecule has 0 aliphatic carbocycles. The second-order valence-electron chi connectivity index (χ2n) is 4.67. The first-order valence-corrected chi connectivity index (χ1v) is 8.90. The lowest BCUT2D eigenvalue weighted by molar-refractivity contribution is -0.136. The molecule has 21 heavy (non-hydrogen) atoms. The molecule has 0 fully saturated rings. The highest BCUT2D eigenvalue weighted by molar-refractivity contribution is 14.1. The van der Waals surface area contributed by atoms with Crippen LogP contribution < -0.4 is 0 Å². The molecule has 0 bridgehead atoms. The molecule has 2 rings (SSSR count). The highest BCUT2D eigenvalue weighted by Crippen LogP contribution is 2.14. The van der Waals surface area contributed by atoms with Gasteiger partial charge in [-0.1, -0.05) is 42.5 Å². The highest BCUT2D eigenvalue weighted by atomic mass is 127. The van der Waals surface area contributed by atoms with Crippen molar-refractivity contribution in [2.24, 2.45) is 0 Å². The van der Waals surface area contributed by atoms with E-state index in [1.807, 2.05) is 54.6 Å². The highest BCUT2D eigenvalue weighted by Gasteiger charge is 2.25. The summed E-state index contributed by atoms with van der Waals surface area (Å²) in [6.07, 6.45) is 0.285. The van der Waals surface area contributed by atoms with E-state index in [2.05, 4.69) is 22.6 Å². The van der Waals surface area contributed by atoms with Gasteiger partial charge < -0.3 is 5.11 Å². The SMILES string of the molecule is O=C(O)C(Cc1ccccc1)S(=O)Cc1ccc(I)cc1. The summed E-state index contributed by atoms with van der Waals surface area (Å²) in [4.78, 5) is 11.4. The number of rotatable bonds is 6. The Balaban J connectivity index is 2.09. The van der Waals surface area contributed by atoms with Crippen LogP contribution in [-0.4, -0.2) is 20.5 Å². The van der Waals surface area contributed by atoms with Crippen molar-refractivity contribution in [1.82, 2.24) is 0 Å². The van der Waals surface area contributed by atoms with Gasteiger partial charge in [0.15, 0.2) is 0 Å². The monoisotopic (exact) mass is 414 g/mol. The maximum atomic E-state index is 12.4. The van der Waals surface area contributed by atoms with E-state index >= 15 is 0 Å². The number of hydrogen-bond acceptors (Lipinski definition) is 2. The molecule has 0 aliphatic heterocycles. The fourth-order valence-corrected chi connectivity index (χ4v) is 3.65. The maximum absolute atomic E-state index is 12.4. The number of halogens is 1. The molecule has 0 aliphatic rings. The molecule has 2 aromatic rings. The van der Waals surface area contributed by atoms with Crippen LogP contribution in [0.4, 0.5) is 0 Å². The number of carbonyl (C=O) groups is 1. The summed E-state index contributed by atoms with van der Waals surface area (Å²) in [6, 6.07) is 17.0. The predicted octanol–water partition coefficient (Wildman–Crippen LogP) is 3.24. The largest absolute Gasteiger partial charge is 0.480 e. The summed E-state index contributed by atoms with van der Waals surface area (Å²) in [5.74, 6) is -0.747. The summed E-state index contributed by atoms with van der Waals surface area (Å²) in [5.41, 5.74) is 1.79. The van der Waals surface area contributed by atoms with Crippen molar-refractivity contribution in [3.63, 3.8) is 0 Å². The van der Waals surface area contributed by atoms with Crippen molar-refractivity contribution in [2.75, 3.05) is 0 Å². The molecule has 0 saturated carbocycles. The first-order chi connectivity index (χ1) is 10.1. The van der Waals surface area contributed by atoms with Crippen molar-refractivity contribution < 1.29 is 14.1 Å². The van der Waals surface area contributed by atoms with Crippen LogP contribution in [0.2, 0.25) is 0 Å². The molecule has 1 N–H and O–H groups in total. The zero-order valence-corrected chi connectivity index (χ0v) is 14.2. The van der Waals surface area contributed by atoms with E-state index in [0.29, 0.717) is 0 Å². The lowest BCUT2D eigenvalue weighted by Crippen LogP contribution is -2.29. The minimum absolute atomic E-state index is 0.265. The topological polar surface area (TPSA) is 54.4 Å². The van der Waals surface area contributed by atoms with E-state index in [0.717, 1.165) is 14.7 Å². The molecule has 110 valence electrons. The summed E-state index contributed by atoms with van der Waals surface area (Å²) >= 11 is 2.20. The van der Waals surface area contributed by atoms with Gasteiger partial charge in [-0.3, -0.25) is 9.00 Å². The molecule has 0 saturated heterocycles. The number of carboxylic acids is 1. The van der Waals surface area contributed by atoms with Crippen LogP contribution in [0, 0.1) is 3.57 Å². The molecule has 2 unspecified atom stereocenters. The van der Waals surface area contributed by atoms with Gasteiger partial charge in [0.1, 0.15) is 5.25 Å². The van der Waals surface area contributed by atoms with Gasteiger partial charge in [0, 0.05) is 20.1 Å². The van der Waals surface area contributed by atoms with E-state index in [4.69, 9.17) is 0 Å². The molecular formula is C16H15IO3S. The van der Waals surface area contributed by atoms with Crippen molar-refractivity contribution in [1.29, 1.82) is 0 Å². The summed E-state index contributed by atoms with van der Waals surface area (Å²) in [6.45, 7) is 0. The third-order valence-corrected chi connectivity index (χ3v) is 5.42. The predicted molar refractivity (Wildman–Crippen MR) is 92.6 cm³/mol. The van der Waals surface area contributed by atoms with Crippen molar-refractivity contribution in [3.05, 3.63) is 69.3 Å². The molecule has 2 aromatic carbocycles. The second-order valence-corrected chi connectivity index (χ2v) is 7.53. The van der Waals surface area contributed by atoms with E-state index in [-0.39, 0.29) is 12.2 Å². The van der Waals surface area contributed by atoms with Crippen LogP contribution in [0.3, 0.4) is 0 Å². The van der Waals surface area contributed by atoms with Gasteiger partial charge in [-0.2, -0.15) is 0 Å². The molecule has 0 radical (unpaired) electrons. The average molecular weight is 414 g/mol. The normalized spacial score (nSPS) is 13.6. The molecule has 5 heteroatoms. The van der Waals surface area contributed by atoms with E-state index < -0.39 is 22.0 Å².